The fraction of sp³-hybridized carbons (Fsp3) is 0.118. The number of hydrogen-bond acceptors (Lipinski definition) is 3. The quantitative estimate of drug-likeness (QED) is 0.269. The van der Waals surface area contributed by atoms with Crippen LogP contribution >= 0.6 is 0 Å². The van der Waals surface area contributed by atoms with Crippen LogP contribution in [0.3, 0.4) is 0 Å². The van der Waals surface area contributed by atoms with Crippen molar-refractivity contribution in [1.29, 1.82) is 0 Å². The Hall–Kier alpha value is -4.34. The van der Waals surface area contributed by atoms with Crippen molar-refractivity contribution >= 4 is 22.3 Å². The van der Waals surface area contributed by atoms with E-state index in [1.54, 1.807) is 0 Å². The first-order valence-electron chi connectivity index (χ1n) is 12.8. The average Bonchev–Trinajstić information content (AvgIpc) is 3.64. The van der Waals surface area contributed by atoms with E-state index in [2.05, 4.69) is 84.9 Å². The van der Waals surface area contributed by atoms with Gasteiger partial charge in [-0.3, -0.25) is 9.59 Å². The van der Waals surface area contributed by atoms with Gasteiger partial charge in [0.2, 0.25) is 11.6 Å². The monoisotopic (exact) mass is 476 g/mol. The standard InChI is InChI=1S/C34H20O3/c35-31-23-17-15-21-27-22(16-18-24(28(23)27)32(31)36)30-29(21)33(19-9-3-1-4-10-19)25-13-7-8-14-26(25)34(30,37-33)20-11-5-2-6-12-20/h1-18,29-30H. The van der Waals surface area contributed by atoms with E-state index in [-0.39, 0.29) is 11.8 Å². The number of benzene rings is 5. The molecule has 0 amide bonds. The molecular formula is C34H20O3. The number of ether oxygens (including phenoxy) is 1. The lowest BCUT2D eigenvalue weighted by Gasteiger charge is -2.38. The molecule has 5 aromatic carbocycles. The third kappa shape index (κ3) is 1.98. The average molecular weight is 477 g/mol. The van der Waals surface area contributed by atoms with Crippen molar-refractivity contribution in [1.82, 2.24) is 0 Å². The van der Waals surface area contributed by atoms with Crippen molar-refractivity contribution in [2.24, 2.45) is 0 Å². The number of carbonyl (C=O) groups excluding carboxylic acids is 2. The van der Waals surface area contributed by atoms with Crippen LogP contribution in [0.25, 0.3) is 10.8 Å². The molecule has 1 saturated heterocycles. The normalized spacial score (nSPS) is 27.7. The molecule has 5 aromatic rings. The SMILES string of the molecule is O=C1C(=O)c2ccc3c4c(ccc1c24)C1C3C2(c3ccccc3)OC1(c1ccccc1)c1ccccc12. The minimum atomic E-state index is -0.700. The Bertz CT molecular complexity index is 1720. The maximum atomic E-state index is 12.9. The van der Waals surface area contributed by atoms with Gasteiger partial charge in [-0.15, -0.1) is 0 Å². The second-order valence-corrected chi connectivity index (χ2v) is 10.6. The summed E-state index contributed by atoms with van der Waals surface area (Å²) in [7, 11) is 0. The van der Waals surface area contributed by atoms with Gasteiger partial charge >= 0.3 is 0 Å². The molecule has 2 aliphatic carbocycles. The van der Waals surface area contributed by atoms with E-state index >= 15 is 0 Å². The van der Waals surface area contributed by atoms with E-state index in [1.807, 2.05) is 24.3 Å². The Morgan fingerprint density at radius 3 is 1.38 bits per heavy atom. The molecule has 174 valence electrons. The number of Topliss-reactive ketones (excluding diaryl/α,β-unsaturated/α-hetero) is 2. The summed E-state index contributed by atoms with van der Waals surface area (Å²) in [5.41, 5.74) is 6.64. The first-order valence-corrected chi connectivity index (χ1v) is 12.8. The van der Waals surface area contributed by atoms with Crippen molar-refractivity contribution in [3.8, 4) is 0 Å². The van der Waals surface area contributed by atoms with Gasteiger partial charge in [-0.25, -0.2) is 0 Å². The van der Waals surface area contributed by atoms with E-state index in [0.717, 1.165) is 21.9 Å². The Labute approximate surface area is 213 Å². The van der Waals surface area contributed by atoms with Crippen LogP contribution in [0.2, 0.25) is 0 Å². The van der Waals surface area contributed by atoms with Crippen molar-refractivity contribution in [2.45, 2.75) is 23.0 Å². The van der Waals surface area contributed by atoms with Gasteiger partial charge in [-0.1, -0.05) is 97.1 Å². The maximum Gasteiger partial charge on any atom is 0.234 e. The summed E-state index contributed by atoms with van der Waals surface area (Å²) in [5, 5.41) is 1.90. The third-order valence-corrected chi connectivity index (χ3v) is 9.25. The zero-order chi connectivity index (χ0) is 24.5. The van der Waals surface area contributed by atoms with Crippen LogP contribution in [-0.2, 0) is 15.9 Å². The first kappa shape index (κ1) is 19.8. The lowest BCUT2D eigenvalue weighted by molar-refractivity contribution is -0.0480. The number of rotatable bonds is 2. The van der Waals surface area contributed by atoms with Crippen LogP contribution in [0.4, 0.5) is 0 Å². The van der Waals surface area contributed by atoms with Gasteiger partial charge in [-0.05, 0) is 50.9 Å². The molecular weight excluding hydrogens is 456 g/mol. The van der Waals surface area contributed by atoms with E-state index in [9.17, 15) is 9.59 Å². The van der Waals surface area contributed by atoms with Crippen LogP contribution in [0.5, 0.6) is 0 Å². The molecule has 0 N–H and O–H groups in total. The molecule has 2 heterocycles. The van der Waals surface area contributed by atoms with Gasteiger partial charge in [0.25, 0.3) is 0 Å². The summed E-state index contributed by atoms with van der Waals surface area (Å²) in [6, 6.07) is 37.6. The second-order valence-electron chi connectivity index (χ2n) is 10.6. The summed E-state index contributed by atoms with van der Waals surface area (Å²) >= 11 is 0. The van der Waals surface area contributed by atoms with Crippen LogP contribution in [0.1, 0.15) is 65.9 Å². The molecule has 4 aliphatic rings. The molecule has 2 bridgehead atoms. The van der Waals surface area contributed by atoms with E-state index < -0.39 is 22.8 Å². The van der Waals surface area contributed by atoms with Gasteiger partial charge in [0, 0.05) is 28.3 Å². The first-order chi connectivity index (χ1) is 18.2. The van der Waals surface area contributed by atoms with E-state index in [1.165, 1.54) is 22.3 Å². The number of fused-ring (bicyclic) bond motifs is 10. The third-order valence-electron chi connectivity index (χ3n) is 9.25. The molecule has 0 aromatic heterocycles. The topological polar surface area (TPSA) is 43.4 Å². The van der Waals surface area contributed by atoms with Crippen LogP contribution in [0.15, 0.2) is 109 Å². The van der Waals surface area contributed by atoms with Crippen molar-refractivity contribution in [2.75, 3.05) is 0 Å². The molecule has 3 heteroatoms. The summed E-state index contributed by atoms with van der Waals surface area (Å²) in [5.74, 6) is -0.798. The predicted octanol–water partition coefficient (Wildman–Crippen LogP) is 6.63. The zero-order valence-electron chi connectivity index (χ0n) is 19.8. The van der Waals surface area contributed by atoms with Gasteiger partial charge < -0.3 is 4.74 Å². The van der Waals surface area contributed by atoms with Gasteiger partial charge in [0.15, 0.2) is 0 Å². The van der Waals surface area contributed by atoms with Crippen molar-refractivity contribution < 1.29 is 14.3 Å². The number of ketones is 2. The summed E-state index contributed by atoms with van der Waals surface area (Å²) in [6.07, 6.45) is 0. The lowest BCUT2D eigenvalue weighted by Crippen LogP contribution is -2.35. The number of carbonyl (C=O) groups is 2. The molecule has 9 rings (SSSR count). The fourth-order valence-electron chi connectivity index (χ4n) is 8.07. The Morgan fingerprint density at radius 1 is 0.486 bits per heavy atom. The van der Waals surface area contributed by atoms with E-state index in [0.29, 0.717) is 11.1 Å². The lowest BCUT2D eigenvalue weighted by atomic mass is 9.60. The molecule has 37 heavy (non-hydrogen) atoms. The summed E-state index contributed by atoms with van der Waals surface area (Å²) < 4.78 is 7.53. The smallest absolute Gasteiger partial charge is 0.234 e. The van der Waals surface area contributed by atoms with E-state index in [4.69, 9.17) is 4.74 Å². The number of hydrogen-bond donors (Lipinski definition) is 0. The highest BCUT2D eigenvalue weighted by atomic mass is 16.5. The largest absolute Gasteiger partial charge is 0.348 e. The van der Waals surface area contributed by atoms with Gasteiger partial charge in [0.05, 0.1) is 0 Å². The highest BCUT2D eigenvalue weighted by Crippen LogP contribution is 2.77. The molecule has 0 radical (unpaired) electrons. The molecule has 4 unspecified atom stereocenters. The fourth-order valence-corrected chi connectivity index (χ4v) is 8.07. The van der Waals surface area contributed by atoms with Gasteiger partial charge in [0.1, 0.15) is 11.2 Å². The minimum Gasteiger partial charge on any atom is -0.348 e. The summed E-state index contributed by atoms with van der Waals surface area (Å²) in [4.78, 5) is 25.8. The predicted molar refractivity (Wildman–Crippen MR) is 140 cm³/mol. The maximum absolute atomic E-state index is 12.9. The van der Waals surface area contributed by atoms with Crippen LogP contribution < -0.4 is 0 Å². The zero-order valence-corrected chi connectivity index (χ0v) is 19.8. The highest BCUT2D eigenvalue weighted by Gasteiger charge is 2.73. The Morgan fingerprint density at radius 2 is 0.919 bits per heavy atom. The van der Waals surface area contributed by atoms with Crippen molar-refractivity contribution in [3.05, 3.63) is 154 Å². The highest BCUT2D eigenvalue weighted by molar-refractivity contribution is 6.57. The Balaban J connectivity index is 1.47. The molecule has 3 nitrogen and oxygen atoms in total. The Kier molecular flexibility index (Phi) is 3.38. The van der Waals surface area contributed by atoms with Crippen molar-refractivity contribution in [3.63, 3.8) is 0 Å². The van der Waals surface area contributed by atoms with Gasteiger partial charge in [-0.2, -0.15) is 0 Å². The molecule has 2 aliphatic heterocycles. The molecule has 4 atom stereocenters. The summed E-state index contributed by atoms with van der Waals surface area (Å²) in [6.45, 7) is 0. The van der Waals surface area contributed by atoms with Crippen LogP contribution in [-0.4, -0.2) is 11.6 Å². The second kappa shape index (κ2) is 6.31. The molecule has 0 saturated carbocycles. The minimum absolute atomic E-state index is 0.00453. The molecule has 1 fully saturated rings. The van der Waals surface area contributed by atoms with Crippen LogP contribution in [0, 0.1) is 0 Å². The molecule has 0 spiro atoms.